The normalized spacial score (nSPS) is 16.1. The fourth-order valence-electron chi connectivity index (χ4n) is 2.32. The van der Waals surface area contributed by atoms with Gasteiger partial charge < -0.3 is 15.5 Å². The molecule has 0 radical (unpaired) electrons. The molecule has 110 valence electrons. The number of carbonyl (C=O) groups is 1. The van der Waals surface area contributed by atoms with Gasteiger partial charge >= 0.3 is 0 Å². The first kappa shape index (κ1) is 14.9. The predicted molar refractivity (Wildman–Crippen MR) is 82.8 cm³/mol. The third-order valence-corrected chi connectivity index (χ3v) is 3.57. The zero-order chi connectivity index (χ0) is 14.6. The second kappa shape index (κ2) is 6.27. The van der Waals surface area contributed by atoms with Crippen LogP contribution in [-0.4, -0.2) is 32.1 Å². The van der Waals surface area contributed by atoms with Crippen LogP contribution in [0.4, 0.5) is 5.69 Å². The van der Waals surface area contributed by atoms with Crippen LogP contribution in [-0.2, 0) is 11.3 Å². The molecule has 0 aliphatic carbocycles. The zero-order valence-electron chi connectivity index (χ0n) is 12.7. The molecule has 0 atom stereocenters. The molecule has 1 saturated heterocycles. The molecule has 1 fully saturated rings. The Kier molecular flexibility index (Phi) is 4.65. The van der Waals surface area contributed by atoms with Crippen molar-refractivity contribution in [1.29, 1.82) is 0 Å². The van der Waals surface area contributed by atoms with Crippen LogP contribution in [0.3, 0.4) is 0 Å². The molecule has 1 aromatic carbocycles. The van der Waals surface area contributed by atoms with Gasteiger partial charge in [-0.25, -0.2) is 0 Å². The summed E-state index contributed by atoms with van der Waals surface area (Å²) >= 11 is 0. The van der Waals surface area contributed by atoms with E-state index in [1.807, 2.05) is 26.8 Å². The third-order valence-electron chi connectivity index (χ3n) is 3.57. The van der Waals surface area contributed by atoms with Crippen molar-refractivity contribution < 1.29 is 4.79 Å². The Morgan fingerprint density at radius 2 is 1.90 bits per heavy atom. The number of amides is 1. The lowest BCUT2D eigenvalue weighted by atomic mass is 9.95. The molecule has 1 aromatic rings. The van der Waals surface area contributed by atoms with Crippen molar-refractivity contribution in [2.45, 2.75) is 27.3 Å². The van der Waals surface area contributed by atoms with Gasteiger partial charge in [-0.1, -0.05) is 39.0 Å². The topological polar surface area (TPSA) is 44.4 Å². The number of hydrogen-bond acceptors (Lipinski definition) is 3. The molecule has 1 aliphatic heterocycles. The second-order valence-electron chi connectivity index (χ2n) is 6.30. The average Bonchev–Trinajstić information content (AvgIpc) is 2.45. The van der Waals surface area contributed by atoms with Crippen LogP contribution in [0.1, 0.15) is 26.3 Å². The number of piperazine rings is 1. The lowest BCUT2D eigenvalue weighted by molar-refractivity contribution is -0.128. The number of carbonyl (C=O) groups excluding carboxylic acids is 1. The number of nitrogens with one attached hydrogen (secondary N) is 2. The van der Waals surface area contributed by atoms with Crippen LogP contribution in [0.2, 0.25) is 0 Å². The van der Waals surface area contributed by atoms with Crippen LogP contribution in [0.15, 0.2) is 24.3 Å². The Bertz CT molecular complexity index is 459. The minimum Gasteiger partial charge on any atom is -0.369 e. The van der Waals surface area contributed by atoms with E-state index in [0.717, 1.165) is 26.2 Å². The summed E-state index contributed by atoms with van der Waals surface area (Å²) in [4.78, 5) is 14.4. The summed E-state index contributed by atoms with van der Waals surface area (Å²) in [6.45, 7) is 10.5. The molecule has 2 rings (SSSR count). The van der Waals surface area contributed by atoms with E-state index in [0.29, 0.717) is 6.54 Å². The molecular weight excluding hydrogens is 250 g/mol. The number of rotatable bonds is 3. The van der Waals surface area contributed by atoms with Gasteiger partial charge in [0.15, 0.2) is 0 Å². The van der Waals surface area contributed by atoms with Crippen molar-refractivity contribution in [3.05, 3.63) is 29.8 Å². The van der Waals surface area contributed by atoms with Crippen molar-refractivity contribution in [2.75, 3.05) is 31.1 Å². The summed E-state index contributed by atoms with van der Waals surface area (Å²) in [5, 5.41) is 6.40. The Balaban J connectivity index is 2.06. The highest BCUT2D eigenvalue weighted by Gasteiger charge is 2.21. The van der Waals surface area contributed by atoms with Gasteiger partial charge in [0.25, 0.3) is 0 Å². The van der Waals surface area contributed by atoms with Crippen molar-refractivity contribution >= 4 is 11.6 Å². The summed E-state index contributed by atoms with van der Waals surface area (Å²) in [7, 11) is 0. The Hall–Kier alpha value is -1.55. The van der Waals surface area contributed by atoms with Crippen LogP contribution >= 0.6 is 0 Å². The smallest absolute Gasteiger partial charge is 0.225 e. The Morgan fingerprint density at radius 1 is 1.25 bits per heavy atom. The van der Waals surface area contributed by atoms with Crippen LogP contribution in [0.5, 0.6) is 0 Å². The third kappa shape index (κ3) is 3.73. The summed E-state index contributed by atoms with van der Waals surface area (Å²) in [5.41, 5.74) is 2.08. The zero-order valence-corrected chi connectivity index (χ0v) is 12.7. The Labute approximate surface area is 121 Å². The standard InChI is InChI=1S/C16H25N3O/c1-16(2,3)15(20)18-12-13-6-4-5-7-14(13)19-10-8-17-9-11-19/h4-7,17H,8-12H2,1-3H3,(H,18,20). The van der Waals surface area contributed by atoms with Crippen LogP contribution in [0, 0.1) is 5.41 Å². The molecule has 0 spiro atoms. The molecule has 1 amide bonds. The van der Waals surface area contributed by atoms with Crippen molar-refractivity contribution in [1.82, 2.24) is 10.6 Å². The molecular formula is C16H25N3O. The molecule has 0 unspecified atom stereocenters. The van der Waals surface area contributed by atoms with E-state index in [-0.39, 0.29) is 11.3 Å². The largest absolute Gasteiger partial charge is 0.369 e. The monoisotopic (exact) mass is 275 g/mol. The summed E-state index contributed by atoms with van der Waals surface area (Å²) in [6.07, 6.45) is 0. The van der Waals surface area contributed by atoms with E-state index < -0.39 is 0 Å². The minimum absolute atomic E-state index is 0.0904. The van der Waals surface area contributed by atoms with Crippen molar-refractivity contribution in [2.24, 2.45) is 5.41 Å². The average molecular weight is 275 g/mol. The van der Waals surface area contributed by atoms with Gasteiger partial charge in [-0.05, 0) is 11.6 Å². The van der Waals surface area contributed by atoms with Crippen LogP contribution in [0.25, 0.3) is 0 Å². The van der Waals surface area contributed by atoms with E-state index in [1.165, 1.54) is 11.3 Å². The SMILES string of the molecule is CC(C)(C)C(=O)NCc1ccccc1N1CCNCC1. The van der Waals surface area contributed by atoms with Gasteiger partial charge in [-0.2, -0.15) is 0 Å². The van der Waals surface area contributed by atoms with E-state index in [2.05, 4.69) is 33.7 Å². The molecule has 0 bridgehead atoms. The number of para-hydroxylation sites is 1. The Morgan fingerprint density at radius 3 is 2.55 bits per heavy atom. The molecule has 4 heteroatoms. The van der Waals surface area contributed by atoms with Crippen LogP contribution < -0.4 is 15.5 Å². The molecule has 2 N–H and O–H groups in total. The number of anilines is 1. The highest BCUT2D eigenvalue weighted by molar-refractivity contribution is 5.81. The molecule has 4 nitrogen and oxygen atoms in total. The van der Waals surface area contributed by atoms with Gasteiger partial charge in [0.1, 0.15) is 0 Å². The summed E-state index contributed by atoms with van der Waals surface area (Å²) in [5.74, 6) is 0.0904. The van der Waals surface area contributed by atoms with E-state index in [9.17, 15) is 4.79 Å². The molecule has 20 heavy (non-hydrogen) atoms. The van der Waals surface area contributed by atoms with Crippen molar-refractivity contribution in [3.8, 4) is 0 Å². The van der Waals surface area contributed by atoms with Gasteiger partial charge in [-0.15, -0.1) is 0 Å². The van der Waals surface area contributed by atoms with Gasteiger partial charge in [0, 0.05) is 43.8 Å². The van der Waals surface area contributed by atoms with Gasteiger partial charge in [0.2, 0.25) is 5.91 Å². The fraction of sp³-hybridized carbons (Fsp3) is 0.562. The maximum atomic E-state index is 12.0. The summed E-state index contributed by atoms with van der Waals surface area (Å²) in [6, 6.07) is 8.33. The van der Waals surface area contributed by atoms with Crippen molar-refractivity contribution in [3.63, 3.8) is 0 Å². The van der Waals surface area contributed by atoms with Gasteiger partial charge in [-0.3, -0.25) is 4.79 Å². The number of nitrogens with zero attached hydrogens (tertiary/aromatic N) is 1. The van der Waals surface area contributed by atoms with E-state index >= 15 is 0 Å². The lowest BCUT2D eigenvalue weighted by Crippen LogP contribution is -2.44. The van der Waals surface area contributed by atoms with E-state index in [4.69, 9.17) is 0 Å². The first-order chi connectivity index (χ1) is 9.48. The summed E-state index contributed by atoms with van der Waals surface area (Å²) < 4.78 is 0. The minimum atomic E-state index is -0.343. The van der Waals surface area contributed by atoms with E-state index in [1.54, 1.807) is 0 Å². The second-order valence-corrected chi connectivity index (χ2v) is 6.30. The van der Waals surface area contributed by atoms with Gasteiger partial charge in [0.05, 0.1) is 0 Å². The molecule has 0 aromatic heterocycles. The molecule has 0 saturated carbocycles. The highest BCUT2D eigenvalue weighted by atomic mass is 16.2. The molecule has 1 heterocycles. The first-order valence-corrected chi connectivity index (χ1v) is 7.30. The lowest BCUT2D eigenvalue weighted by Gasteiger charge is -2.31. The molecule has 1 aliphatic rings. The fourth-order valence-corrected chi connectivity index (χ4v) is 2.32. The number of hydrogen-bond donors (Lipinski definition) is 2. The quantitative estimate of drug-likeness (QED) is 0.883. The maximum absolute atomic E-state index is 12.0. The maximum Gasteiger partial charge on any atom is 0.225 e. The number of benzene rings is 1. The first-order valence-electron chi connectivity index (χ1n) is 7.30. The highest BCUT2D eigenvalue weighted by Crippen LogP contribution is 2.21. The predicted octanol–water partition coefficient (Wildman–Crippen LogP) is 1.76.